The number of aryl methyl sites for hydroxylation is 1. The van der Waals surface area contributed by atoms with Crippen LogP contribution >= 0.6 is 11.3 Å². The molecule has 2 aromatic heterocycles. The van der Waals surface area contributed by atoms with Crippen LogP contribution < -0.4 is 5.32 Å². The van der Waals surface area contributed by atoms with Crippen molar-refractivity contribution >= 4 is 33.1 Å². The van der Waals surface area contributed by atoms with Gasteiger partial charge in [-0.2, -0.15) is 5.10 Å². The maximum atomic E-state index is 12.2. The minimum atomic E-state index is -3.44. The number of nitrogens with one attached hydrogen (secondary N) is 1. The molecule has 0 aliphatic rings. The fraction of sp³-hybridized carbons (Fsp3) is 0.385. The van der Waals surface area contributed by atoms with Gasteiger partial charge < -0.3 is 5.32 Å². The lowest BCUT2D eigenvalue weighted by Gasteiger charge is -2.15. The van der Waals surface area contributed by atoms with Crippen LogP contribution in [0.15, 0.2) is 34.0 Å². The van der Waals surface area contributed by atoms with Gasteiger partial charge in [-0.15, -0.1) is 11.3 Å². The van der Waals surface area contributed by atoms with Gasteiger partial charge in [0, 0.05) is 39.3 Å². The first kappa shape index (κ1) is 16.7. The highest BCUT2D eigenvalue weighted by atomic mass is 32.2. The zero-order valence-corrected chi connectivity index (χ0v) is 14.0. The average Bonchev–Trinajstić information content (AvgIpc) is 3.10. The smallest absolute Gasteiger partial charge is 0.252 e. The van der Waals surface area contributed by atoms with Crippen molar-refractivity contribution in [3.8, 4) is 0 Å². The number of nitrogens with zero attached hydrogens (tertiary/aromatic N) is 3. The first-order valence-electron chi connectivity index (χ1n) is 6.69. The molecule has 22 heavy (non-hydrogen) atoms. The van der Waals surface area contributed by atoms with Crippen LogP contribution in [0.25, 0.3) is 0 Å². The first-order valence-corrected chi connectivity index (χ1v) is 9.01. The normalized spacial score (nSPS) is 11.8. The molecule has 0 unspecified atom stereocenters. The summed E-state index contributed by atoms with van der Waals surface area (Å²) in [7, 11) is -0.161. The Balaban J connectivity index is 1.79. The summed E-state index contributed by atoms with van der Waals surface area (Å²) in [5.74, 6) is 0.313. The summed E-state index contributed by atoms with van der Waals surface area (Å²) in [4.78, 5) is 11.8. The number of aromatic nitrogens is 2. The largest absolute Gasteiger partial charge is 0.309 e. The molecule has 1 N–H and O–H groups in total. The molecule has 0 aromatic carbocycles. The molecule has 0 bridgehead atoms. The lowest BCUT2D eigenvalue weighted by Crippen LogP contribution is -2.28. The minimum absolute atomic E-state index is 0.180. The average molecular weight is 342 g/mol. The summed E-state index contributed by atoms with van der Waals surface area (Å²) < 4.78 is 27.5. The Hall–Kier alpha value is -1.71. The van der Waals surface area contributed by atoms with E-state index in [2.05, 4.69) is 10.4 Å². The van der Waals surface area contributed by atoms with Gasteiger partial charge in [0.25, 0.3) is 10.0 Å². The third kappa shape index (κ3) is 4.15. The summed E-state index contributed by atoms with van der Waals surface area (Å²) in [6.07, 6.45) is 2.41. The van der Waals surface area contributed by atoms with Crippen molar-refractivity contribution in [3.63, 3.8) is 0 Å². The van der Waals surface area contributed by atoms with Crippen LogP contribution in [0, 0.1) is 0 Å². The van der Waals surface area contributed by atoms with Gasteiger partial charge in [-0.25, -0.2) is 12.7 Å². The molecule has 120 valence electrons. The highest BCUT2D eigenvalue weighted by molar-refractivity contribution is 7.91. The van der Waals surface area contributed by atoms with E-state index in [1.54, 1.807) is 41.5 Å². The van der Waals surface area contributed by atoms with Crippen molar-refractivity contribution in [1.82, 2.24) is 14.1 Å². The number of carbonyl (C=O) groups is 1. The predicted octanol–water partition coefficient (Wildman–Crippen LogP) is 1.52. The van der Waals surface area contributed by atoms with Crippen molar-refractivity contribution in [3.05, 3.63) is 29.8 Å². The molecule has 9 heteroatoms. The Morgan fingerprint density at radius 3 is 2.82 bits per heavy atom. The number of carbonyl (C=O) groups excluding carboxylic acids is 1. The molecule has 0 aliphatic carbocycles. The predicted molar refractivity (Wildman–Crippen MR) is 85.2 cm³/mol. The number of amides is 1. The topological polar surface area (TPSA) is 84.3 Å². The zero-order chi connectivity index (χ0) is 16.2. The van der Waals surface area contributed by atoms with Crippen LogP contribution in [0.2, 0.25) is 0 Å². The SMILES string of the molecule is CN(CCCC(=O)Nc1ccn(C)n1)S(=O)(=O)c1cccs1. The Bertz CT molecular complexity index is 722. The monoisotopic (exact) mass is 342 g/mol. The summed E-state index contributed by atoms with van der Waals surface area (Å²) in [6, 6.07) is 4.97. The van der Waals surface area contributed by atoms with Crippen molar-refractivity contribution in [1.29, 1.82) is 0 Å². The highest BCUT2D eigenvalue weighted by Gasteiger charge is 2.21. The van der Waals surface area contributed by atoms with Gasteiger partial charge in [0.05, 0.1) is 0 Å². The maximum Gasteiger partial charge on any atom is 0.252 e. The summed E-state index contributed by atoms with van der Waals surface area (Å²) in [6.45, 7) is 0.288. The second-order valence-corrected chi connectivity index (χ2v) is 8.00. The molecular formula is C13H18N4O3S2. The number of anilines is 1. The van der Waals surface area contributed by atoms with Gasteiger partial charge in [-0.3, -0.25) is 9.48 Å². The van der Waals surface area contributed by atoms with E-state index in [0.717, 1.165) is 0 Å². The van der Waals surface area contributed by atoms with E-state index < -0.39 is 10.0 Å². The Morgan fingerprint density at radius 1 is 1.45 bits per heavy atom. The lowest BCUT2D eigenvalue weighted by atomic mass is 10.3. The second-order valence-electron chi connectivity index (χ2n) is 4.79. The number of hydrogen-bond donors (Lipinski definition) is 1. The van der Waals surface area contributed by atoms with E-state index in [0.29, 0.717) is 16.4 Å². The quantitative estimate of drug-likeness (QED) is 0.827. The molecular weight excluding hydrogens is 324 g/mol. The van der Waals surface area contributed by atoms with Gasteiger partial charge >= 0.3 is 0 Å². The molecule has 1 amide bonds. The lowest BCUT2D eigenvalue weighted by molar-refractivity contribution is -0.116. The van der Waals surface area contributed by atoms with Gasteiger partial charge in [0.1, 0.15) is 4.21 Å². The van der Waals surface area contributed by atoms with Gasteiger partial charge in [0.15, 0.2) is 5.82 Å². The third-order valence-electron chi connectivity index (χ3n) is 3.02. The van der Waals surface area contributed by atoms with Gasteiger partial charge in [0.2, 0.25) is 5.91 Å². The van der Waals surface area contributed by atoms with Gasteiger partial charge in [-0.1, -0.05) is 6.07 Å². The van der Waals surface area contributed by atoms with E-state index in [-0.39, 0.29) is 18.9 Å². The Morgan fingerprint density at radius 2 is 2.23 bits per heavy atom. The third-order valence-corrected chi connectivity index (χ3v) is 6.25. The van der Waals surface area contributed by atoms with Crippen molar-refractivity contribution in [2.24, 2.45) is 7.05 Å². The fourth-order valence-electron chi connectivity index (χ4n) is 1.83. The van der Waals surface area contributed by atoms with Crippen LogP contribution in [0.1, 0.15) is 12.8 Å². The minimum Gasteiger partial charge on any atom is -0.309 e. The second kappa shape index (κ2) is 7.03. The van der Waals surface area contributed by atoms with Crippen molar-refractivity contribution in [2.75, 3.05) is 18.9 Å². The van der Waals surface area contributed by atoms with Crippen LogP contribution in [0.3, 0.4) is 0 Å². The molecule has 0 atom stereocenters. The molecule has 0 aliphatic heterocycles. The zero-order valence-electron chi connectivity index (χ0n) is 12.4. The number of thiophene rings is 1. The summed E-state index contributed by atoms with van der Waals surface area (Å²) >= 11 is 1.18. The van der Waals surface area contributed by atoms with Crippen LogP contribution in [-0.4, -0.2) is 42.0 Å². The van der Waals surface area contributed by atoms with Gasteiger partial charge in [-0.05, 0) is 17.9 Å². The van der Waals surface area contributed by atoms with E-state index in [9.17, 15) is 13.2 Å². The molecule has 7 nitrogen and oxygen atoms in total. The van der Waals surface area contributed by atoms with E-state index in [4.69, 9.17) is 0 Å². The standard InChI is InChI=1S/C13H18N4O3S2/c1-16-9-7-11(15-16)14-12(18)5-3-8-17(2)22(19,20)13-6-4-10-21-13/h4,6-7,9-10H,3,5,8H2,1-2H3,(H,14,15,18). The number of rotatable bonds is 7. The first-order chi connectivity index (χ1) is 10.4. The van der Waals surface area contributed by atoms with Crippen LogP contribution in [-0.2, 0) is 21.9 Å². The van der Waals surface area contributed by atoms with Crippen LogP contribution in [0.4, 0.5) is 5.82 Å². The molecule has 0 spiro atoms. The molecule has 0 fully saturated rings. The molecule has 2 heterocycles. The Labute approximate surface area is 133 Å². The molecule has 0 radical (unpaired) electrons. The summed E-state index contributed by atoms with van der Waals surface area (Å²) in [5.41, 5.74) is 0. The maximum absolute atomic E-state index is 12.2. The van der Waals surface area contributed by atoms with Crippen molar-refractivity contribution in [2.45, 2.75) is 17.1 Å². The number of sulfonamides is 1. The molecule has 0 saturated heterocycles. The van der Waals surface area contributed by atoms with E-state index in [1.165, 1.54) is 22.7 Å². The Kier molecular flexibility index (Phi) is 5.33. The molecule has 2 aromatic rings. The van der Waals surface area contributed by atoms with E-state index in [1.807, 2.05) is 0 Å². The fourth-order valence-corrected chi connectivity index (χ4v) is 4.24. The highest BCUT2D eigenvalue weighted by Crippen LogP contribution is 2.20. The van der Waals surface area contributed by atoms with Crippen LogP contribution in [0.5, 0.6) is 0 Å². The number of hydrogen-bond acceptors (Lipinski definition) is 5. The molecule has 2 rings (SSSR count). The van der Waals surface area contributed by atoms with E-state index >= 15 is 0 Å². The van der Waals surface area contributed by atoms with Crippen molar-refractivity contribution < 1.29 is 13.2 Å². The summed E-state index contributed by atoms with van der Waals surface area (Å²) in [5, 5.41) is 8.44. The molecule has 0 saturated carbocycles.